The molecular weight excluding hydrogens is 1040 g/mol. The molecule has 0 heterocycles. The molecule has 11 nitrogen and oxygen atoms in total. The SMILES string of the molecule is C.CO[Si](C)(CCC1CC2C=CC1C2)OC.CO[Si](CCC1CC2C=CC1C2)(OC)O[Si](CCC1CC2C=CC1C2)(OC)O[Si](CCC1CC2C=CC1C2)(OC)O[Si](CCC1CC2C=CC1C2)(OC)OC.[2H][CH2-].[V]. The molecule has 10 aliphatic carbocycles. The fraction of sp³-hybridized carbons (Fsp3) is 0.804. The van der Waals surface area contributed by atoms with Gasteiger partial charge in [-0.3, -0.25) is 0 Å². The van der Waals surface area contributed by atoms with Gasteiger partial charge in [0.15, 0.2) is 0 Å². The van der Waals surface area contributed by atoms with E-state index in [0.717, 1.165) is 61.6 Å². The van der Waals surface area contributed by atoms with E-state index in [2.05, 4.69) is 74.7 Å². The Morgan fingerprint density at radius 2 is 0.562 bits per heavy atom. The minimum absolute atomic E-state index is 0. The zero-order valence-electron chi connectivity index (χ0n) is 46.7. The summed E-state index contributed by atoms with van der Waals surface area (Å²) in [5, 5.41) is 0. The minimum atomic E-state index is -3.60. The second kappa shape index (κ2) is 26.9. The van der Waals surface area contributed by atoms with Crippen LogP contribution in [0.4, 0.5) is 0 Å². The van der Waals surface area contributed by atoms with Crippen LogP contribution in [-0.4, -0.2) is 101 Å². The van der Waals surface area contributed by atoms with Crippen LogP contribution in [0.25, 0.3) is 0 Å². The van der Waals surface area contributed by atoms with E-state index >= 15 is 0 Å². The Hall–Kier alpha value is -0.0712. The van der Waals surface area contributed by atoms with E-state index in [1.165, 1.54) is 70.6 Å². The van der Waals surface area contributed by atoms with Gasteiger partial charge in [-0.25, -0.2) is 1.37 Å². The molecule has 10 aliphatic rings. The van der Waals surface area contributed by atoms with Gasteiger partial charge in [-0.15, -0.1) is 0 Å². The maximum atomic E-state index is 7.64. The van der Waals surface area contributed by atoms with Gasteiger partial charge in [0.05, 0.1) is 0 Å². The van der Waals surface area contributed by atoms with E-state index in [-0.39, 0.29) is 26.0 Å². The predicted octanol–water partition coefficient (Wildman–Crippen LogP) is 13.1. The van der Waals surface area contributed by atoms with Gasteiger partial charge in [-0.1, -0.05) is 68.2 Å². The fourth-order valence-electron chi connectivity index (χ4n) is 15.5. The summed E-state index contributed by atoms with van der Waals surface area (Å²) in [5.41, 5.74) is 0. The van der Waals surface area contributed by atoms with Crippen molar-refractivity contribution in [3.05, 3.63) is 68.2 Å². The zero-order chi connectivity index (χ0) is 51.2. The first kappa shape index (κ1) is 60.6. The molecule has 0 aromatic rings. The largest absolute Gasteiger partial charge is 0.493 e. The molecule has 10 bridgehead atoms. The molecular formula is C56H99O11Si5V-. The fourth-order valence-corrected chi connectivity index (χ4v) is 33.3. The summed E-state index contributed by atoms with van der Waals surface area (Å²) in [5.74, 6) is 10.4. The van der Waals surface area contributed by atoms with Crippen LogP contribution < -0.4 is 0 Å². The Labute approximate surface area is 463 Å². The van der Waals surface area contributed by atoms with Gasteiger partial charge in [-0.2, -0.15) is 0 Å². The van der Waals surface area contributed by atoms with Crippen molar-refractivity contribution in [3.63, 3.8) is 0 Å². The van der Waals surface area contributed by atoms with Gasteiger partial charge in [0.2, 0.25) is 0 Å². The molecule has 415 valence electrons. The maximum absolute atomic E-state index is 7.64. The first-order valence-electron chi connectivity index (χ1n) is 28.5. The maximum Gasteiger partial charge on any atom is 0.493 e. The predicted molar refractivity (Wildman–Crippen MR) is 298 cm³/mol. The van der Waals surface area contributed by atoms with Crippen molar-refractivity contribution in [3.8, 4) is 0 Å². The van der Waals surface area contributed by atoms with Crippen LogP contribution in [0.2, 0.25) is 36.8 Å². The molecule has 0 amide bonds. The molecule has 0 aromatic heterocycles. The summed E-state index contributed by atoms with van der Waals surface area (Å²) >= 11 is 0. The Morgan fingerprint density at radius 1 is 0.342 bits per heavy atom. The van der Waals surface area contributed by atoms with E-state index < -0.39 is 43.8 Å². The Balaban J connectivity index is 0.000000400. The van der Waals surface area contributed by atoms with Crippen LogP contribution in [0, 0.1) is 96.2 Å². The van der Waals surface area contributed by atoms with Crippen LogP contribution in [0.5, 0.6) is 0 Å². The smallest absolute Gasteiger partial charge is 0.398 e. The molecule has 1 radical (unpaired) electrons. The summed E-state index contributed by atoms with van der Waals surface area (Å²) < 4.78 is 78.1. The number of allylic oxidation sites excluding steroid dienone is 10. The van der Waals surface area contributed by atoms with Crippen LogP contribution in [0.1, 0.15) is 105 Å². The van der Waals surface area contributed by atoms with Crippen LogP contribution >= 0.6 is 0 Å². The first-order valence-corrected chi connectivity index (χ1v) is 38.0. The summed E-state index contributed by atoms with van der Waals surface area (Å²) in [4.78, 5) is 0. The zero-order valence-corrected chi connectivity index (χ0v) is 52.1. The summed E-state index contributed by atoms with van der Waals surface area (Å²) in [6.07, 6.45) is 42.2. The molecule has 10 rings (SSSR count). The third-order valence-corrected chi connectivity index (χ3v) is 37.7. The minimum Gasteiger partial charge on any atom is -0.398 e. The molecule has 0 saturated heterocycles. The van der Waals surface area contributed by atoms with Gasteiger partial charge in [0, 0.05) is 99.6 Å². The van der Waals surface area contributed by atoms with Gasteiger partial charge >= 0.3 is 43.8 Å². The molecule has 0 aliphatic heterocycles. The summed E-state index contributed by atoms with van der Waals surface area (Å²) in [6, 6.07) is 3.92. The molecule has 0 aromatic carbocycles. The van der Waals surface area contributed by atoms with Crippen molar-refractivity contribution >= 4 is 43.8 Å². The van der Waals surface area contributed by atoms with E-state index in [9.17, 15) is 0 Å². The van der Waals surface area contributed by atoms with Crippen molar-refractivity contribution in [2.75, 3.05) is 56.9 Å². The number of fused-ring (bicyclic) bond motifs is 10. The molecule has 17 heteroatoms. The normalized spacial score (nSPS) is 36.2. The second-order valence-corrected chi connectivity index (χ2v) is 39.6. The van der Waals surface area contributed by atoms with Crippen molar-refractivity contribution in [1.29, 1.82) is 0 Å². The number of hydrogen-bond acceptors (Lipinski definition) is 11. The molecule has 17 unspecified atom stereocenters. The monoisotopic (exact) mass is 1140 g/mol. The molecule has 0 spiro atoms. The number of hydrogen-bond donors (Lipinski definition) is 0. The van der Waals surface area contributed by atoms with E-state index in [1.807, 2.05) is 0 Å². The van der Waals surface area contributed by atoms with Crippen LogP contribution in [-0.2, 0) is 66.3 Å². The second-order valence-electron chi connectivity index (χ2n) is 23.7. The van der Waals surface area contributed by atoms with E-state index in [1.54, 1.807) is 56.9 Å². The van der Waals surface area contributed by atoms with Crippen molar-refractivity contribution < 1.29 is 67.7 Å². The molecule has 5 fully saturated rings. The number of rotatable bonds is 29. The average molecular weight is 1140 g/mol. The van der Waals surface area contributed by atoms with Gasteiger partial charge in [0.25, 0.3) is 0 Å². The molecule has 17 atom stereocenters. The standard InChI is InChI=1S/C42H70O9Si4.C12H22O2Si.CH4.CH3.V/c1-43-52(44-2,19-15-39-27-31-7-11-35(39)23-31)49-54(47-5,21-17-41-29-33-9-13-37(41)25-33)51-55(48-6,22-18-42-30-34-10-14-38(42)26-34)50-53(45-3,46-4)20-16-40-28-32-8-12-36(40)24-32;1-13-15(3,14-2)7-6-12-9-10-4-5-11(12)8-10;;;/h7-14,31-42H,15-30H2,1-6H3;4-5,10-12H,6-9H2,1-3H3;1H4;1H3;/q;;;-1;/i;;;1D;. The van der Waals surface area contributed by atoms with Gasteiger partial charge in [0.1, 0.15) is 0 Å². The first-order chi connectivity index (χ1) is 34.8. The average Bonchev–Trinajstić information content (AvgIpc) is 4.28. The third kappa shape index (κ3) is 14.3. The van der Waals surface area contributed by atoms with Crippen LogP contribution in [0.15, 0.2) is 60.8 Å². The van der Waals surface area contributed by atoms with Crippen molar-refractivity contribution in [1.82, 2.24) is 0 Å². The van der Waals surface area contributed by atoms with Gasteiger partial charge in [-0.05, 0) is 198 Å². The van der Waals surface area contributed by atoms with Crippen molar-refractivity contribution in [2.45, 2.75) is 141 Å². The molecule has 0 N–H and O–H groups in total. The quantitative estimate of drug-likeness (QED) is 0.0406. The van der Waals surface area contributed by atoms with Crippen LogP contribution in [0.3, 0.4) is 0 Å². The van der Waals surface area contributed by atoms with E-state index in [0.29, 0.717) is 83.1 Å². The van der Waals surface area contributed by atoms with E-state index in [4.69, 9.17) is 49.1 Å². The third-order valence-electron chi connectivity index (χ3n) is 20.0. The van der Waals surface area contributed by atoms with Gasteiger partial charge < -0.3 is 55.2 Å². The Bertz CT molecular complexity index is 1790. The Kier molecular flexibility index (Phi) is 22.3. The summed E-state index contributed by atoms with van der Waals surface area (Å²) in [7, 11) is 1.11. The topological polar surface area (TPSA) is 102 Å². The molecule has 73 heavy (non-hydrogen) atoms. The van der Waals surface area contributed by atoms with Crippen molar-refractivity contribution in [2.24, 2.45) is 88.8 Å². The molecule has 5 saturated carbocycles. The Morgan fingerprint density at radius 3 is 0.753 bits per heavy atom. The summed E-state index contributed by atoms with van der Waals surface area (Å²) in [6.45, 7) is 2.16.